The topological polar surface area (TPSA) is 41.6 Å². The van der Waals surface area contributed by atoms with E-state index in [9.17, 15) is 0 Å². The monoisotopic (exact) mass is 281 g/mol. The highest BCUT2D eigenvalue weighted by Gasteiger charge is 2.27. The van der Waals surface area contributed by atoms with Crippen LogP contribution in [0.1, 0.15) is 70.2 Å². The van der Waals surface area contributed by atoms with Crippen LogP contribution < -0.4 is 0 Å². The van der Waals surface area contributed by atoms with Crippen LogP contribution >= 0.6 is 0 Å². The average Bonchev–Trinajstić information content (AvgIpc) is 2.86. The third-order valence-electron chi connectivity index (χ3n) is 4.45. The predicted molar refractivity (Wildman–Crippen MR) is 85.3 cm³/mol. The van der Waals surface area contributed by atoms with E-state index in [1.165, 1.54) is 37.9 Å². The first-order valence-corrected chi connectivity index (χ1v) is 7.93. The summed E-state index contributed by atoms with van der Waals surface area (Å²) in [7, 11) is 0. The molecule has 0 N–H and O–H groups in total. The zero-order valence-electron chi connectivity index (χ0n) is 13.2. The molecular weight excluding hydrogens is 258 g/mol. The van der Waals surface area contributed by atoms with Crippen molar-refractivity contribution >= 4 is 11.0 Å². The number of fused-ring (bicyclic) bond motifs is 1. The van der Waals surface area contributed by atoms with E-state index in [4.69, 9.17) is 10.2 Å². The minimum atomic E-state index is 0.00961. The highest BCUT2D eigenvalue weighted by molar-refractivity contribution is 5.78. The summed E-state index contributed by atoms with van der Waals surface area (Å²) < 4.78 is 2.39. The van der Waals surface area contributed by atoms with Crippen molar-refractivity contribution in [3.8, 4) is 6.07 Å². The van der Waals surface area contributed by atoms with Crippen LogP contribution in [0.25, 0.3) is 11.0 Å². The zero-order valence-corrected chi connectivity index (χ0v) is 13.2. The Labute approximate surface area is 126 Å². The van der Waals surface area contributed by atoms with E-state index in [-0.39, 0.29) is 5.54 Å². The van der Waals surface area contributed by atoms with Gasteiger partial charge in [-0.2, -0.15) is 5.26 Å². The standard InChI is InChI=1S/C18H23N3/c1-18(2,3)21-16-10-9-13(12-19)11-15(16)20-17(21)14-7-5-4-6-8-14/h9-11,14H,4-8H2,1-3H3. The molecule has 0 unspecified atom stereocenters. The minimum absolute atomic E-state index is 0.00961. The molecule has 3 rings (SSSR count). The molecule has 1 aliphatic rings. The van der Waals surface area contributed by atoms with Gasteiger partial charge in [-0.15, -0.1) is 0 Å². The van der Waals surface area contributed by atoms with E-state index in [1.807, 2.05) is 12.1 Å². The molecule has 110 valence electrons. The quantitative estimate of drug-likeness (QED) is 0.759. The van der Waals surface area contributed by atoms with Gasteiger partial charge in [0, 0.05) is 11.5 Å². The Balaban J connectivity index is 2.19. The molecule has 21 heavy (non-hydrogen) atoms. The van der Waals surface area contributed by atoms with Crippen molar-refractivity contribution < 1.29 is 0 Å². The number of nitriles is 1. The van der Waals surface area contributed by atoms with Gasteiger partial charge in [-0.3, -0.25) is 0 Å². The van der Waals surface area contributed by atoms with Crippen LogP contribution in [-0.4, -0.2) is 9.55 Å². The normalized spacial score (nSPS) is 17.0. The van der Waals surface area contributed by atoms with Crippen LogP contribution in [0.5, 0.6) is 0 Å². The van der Waals surface area contributed by atoms with Gasteiger partial charge >= 0.3 is 0 Å². The van der Waals surface area contributed by atoms with E-state index >= 15 is 0 Å². The van der Waals surface area contributed by atoms with E-state index in [1.54, 1.807) is 0 Å². The van der Waals surface area contributed by atoms with Crippen LogP contribution in [0.3, 0.4) is 0 Å². The Hall–Kier alpha value is -1.82. The molecule has 0 bridgehead atoms. The molecule has 1 fully saturated rings. The van der Waals surface area contributed by atoms with Crippen molar-refractivity contribution in [2.24, 2.45) is 0 Å². The van der Waals surface area contributed by atoms with E-state index in [0.717, 1.165) is 11.0 Å². The number of imidazole rings is 1. The summed E-state index contributed by atoms with van der Waals surface area (Å²) >= 11 is 0. The molecule has 0 amide bonds. The molecule has 0 saturated heterocycles. The largest absolute Gasteiger partial charge is 0.322 e. The zero-order chi connectivity index (χ0) is 15.0. The Bertz CT molecular complexity index is 692. The first kappa shape index (κ1) is 14.1. The van der Waals surface area contributed by atoms with Crippen LogP contribution in [0.2, 0.25) is 0 Å². The maximum atomic E-state index is 9.10. The van der Waals surface area contributed by atoms with Gasteiger partial charge < -0.3 is 4.57 Å². The SMILES string of the molecule is CC(C)(C)n1c(C2CCCCC2)nc2cc(C#N)ccc21. The number of rotatable bonds is 1. The fourth-order valence-electron chi connectivity index (χ4n) is 3.51. The van der Waals surface area contributed by atoms with Crippen LogP contribution in [-0.2, 0) is 5.54 Å². The van der Waals surface area contributed by atoms with Crippen LogP contribution in [0.15, 0.2) is 18.2 Å². The van der Waals surface area contributed by atoms with Crippen molar-refractivity contribution in [2.45, 2.75) is 64.3 Å². The molecule has 1 saturated carbocycles. The number of aromatic nitrogens is 2. The first-order chi connectivity index (χ1) is 10.0. The molecule has 0 aliphatic heterocycles. The molecule has 3 nitrogen and oxygen atoms in total. The fraction of sp³-hybridized carbons (Fsp3) is 0.556. The molecule has 1 aromatic heterocycles. The molecule has 0 spiro atoms. The molecule has 0 atom stereocenters. The molecule has 0 radical (unpaired) electrons. The summed E-state index contributed by atoms with van der Waals surface area (Å²) in [5, 5.41) is 9.10. The lowest BCUT2D eigenvalue weighted by atomic mass is 9.88. The third kappa shape index (κ3) is 2.55. The van der Waals surface area contributed by atoms with Gasteiger partial charge in [0.25, 0.3) is 0 Å². The van der Waals surface area contributed by atoms with Gasteiger partial charge in [0.1, 0.15) is 5.82 Å². The Morgan fingerprint density at radius 2 is 1.90 bits per heavy atom. The van der Waals surface area contributed by atoms with Crippen molar-refractivity contribution in [3.63, 3.8) is 0 Å². The molecule has 1 heterocycles. The van der Waals surface area contributed by atoms with Crippen LogP contribution in [0, 0.1) is 11.3 Å². The summed E-state index contributed by atoms with van der Waals surface area (Å²) in [4.78, 5) is 4.92. The van der Waals surface area contributed by atoms with Gasteiger partial charge in [-0.05, 0) is 51.8 Å². The van der Waals surface area contributed by atoms with E-state index < -0.39 is 0 Å². The van der Waals surface area contributed by atoms with Crippen molar-refractivity contribution in [3.05, 3.63) is 29.6 Å². The van der Waals surface area contributed by atoms with Gasteiger partial charge in [0.15, 0.2) is 0 Å². The smallest absolute Gasteiger partial charge is 0.113 e. The molecule has 1 aromatic carbocycles. The number of hydrogen-bond donors (Lipinski definition) is 0. The number of benzene rings is 1. The van der Waals surface area contributed by atoms with Gasteiger partial charge in [0.2, 0.25) is 0 Å². The van der Waals surface area contributed by atoms with Crippen molar-refractivity contribution in [1.29, 1.82) is 5.26 Å². The fourth-order valence-corrected chi connectivity index (χ4v) is 3.51. The second-order valence-electron chi connectivity index (χ2n) is 7.13. The molecule has 1 aliphatic carbocycles. The lowest BCUT2D eigenvalue weighted by molar-refractivity contribution is 0.353. The molecular formula is C18H23N3. The molecule has 2 aromatic rings. The van der Waals surface area contributed by atoms with Crippen molar-refractivity contribution in [2.75, 3.05) is 0 Å². The maximum Gasteiger partial charge on any atom is 0.113 e. The Morgan fingerprint density at radius 1 is 1.19 bits per heavy atom. The summed E-state index contributed by atoms with van der Waals surface area (Å²) in [6.45, 7) is 6.70. The molecule has 3 heteroatoms. The summed E-state index contributed by atoms with van der Waals surface area (Å²) in [5.41, 5.74) is 2.82. The lowest BCUT2D eigenvalue weighted by Crippen LogP contribution is -2.26. The minimum Gasteiger partial charge on any atom is -0.322 e. The van der Waals surface area contributed by atoms with E-state index in [0.29, 0.717) is 11.5 Å². The van der Waals surface area contributed by atoms with Crippen molar-refractivity contribution in [1.82, 2.24) is 9.55 Å². The lowest BCUT2D eigenvalue weighted by Gasteiger charge is -2.29. The van der Waals surface area contributed by atoms with Crippen LogP contribution in [0.4, 0.5) is 0 Å². The van der Waals surface area contributed by atoms with E-state index in [2.05, 4.69) is 37.5 Å². The highest BCUT2D eigenvalue weighted by atomic mass is 15.1. The Morgan fingerprint density at radius 3 is 2.52 bits per heavy atom. The first-order valence-electron chi connectivity index (χ1n) is 7.93. The summed E-state index contributed by atoms with van der Waals surface area (Å²) in [6, 6.07) is 8.09. The predicted octanol–water partition coefficient (Wildman–Crippen LogP) is 4.71. The van der Waals surface area contributed by atoms with Gasteiger partial charge in [-0.1, -0.05) is 19.3 Å². The number of hydrogen-bond acceptors (Lipinski definition) is 2. The van der Waals surface area contributed by atoms with Gasteiger partial charge in [-0.25, -0.2) is 4.98 Å². The second-order valence-corrected chi connectivity index (χ2v) is 7.13. The summed E-state index contributed by atoms with van der Waals surface area (Å²) in [5.74, 6) is 1.78. The number of nitrogens with zero attached hydrogens (tertiary/aromatic N) is 3. The Kier molecular flexibility index (Phi) is 3.49. The highest BCUT2D eigenvalue weighted by Crippen LogP contribution is 2.36. The second kappa shape index (κ2) is 5.18. The maximum absolute atomic E-state index is 9.10. The van der Waals surface area contributed by atoms with Gasteiger partial charge in [0.05, 0.1) is 22.7 Å². The summed E-state index contributed by atoms with van der Waals surface area (Å²) in [6.07, 6.45) is 6.45. The average molecular weight is 281 g/mol. The third-order valence-corrected chi connectivity index (χ3v) is 4.45.